The molecule has 1 aromatic heterocycles. The zero-order valence-corrected chi connectivity index (χ0v) is 14.6. The summed E-state index contributed by atoms with van der Waals surface area (Å²) in [4.78, 5) is 0. The summed E-state index contributed by atoms with van der Waals surface area (Å²) in [5, 5.41) is 10.7. The molecule has 0 saturated heterocycles. The van der Waals surface area contributed by atoms with Crippen LogP contribution in [0.25, 0.3) is 11.3 Å². The molecule has 1 aliphatic carbocycles. The van der Waals surface area contributed by atoms with E-state index in [4.69, 9.17) is 0 Å². The van der Waals surface area contributed by atoms with Crippen LogP contribution in [0.4, 0.5) is 20.3 Å². The second-order valence-corrected chi connectivity index (χ2v) is 6.50. The number of nitrogens with zero attached hydrogens (tertiary/aromatic N) is 1. The van der Waals surface area contributed by atoms with E-state index in [9.17, 15) is 8.78 Å². The summed E-state index contributed by atoms with van der Waals surface area (Å²) >= 11 is 0. The number of hydrogen-bond acceptors (Lipinski definition) is 2. The number of aromatic amines is 1. The van der Waals surface area contributed by atoms with Crippen molar-refractivity contribution < 1.29 is 8.78 Å². The van der Waals surface area contributed by atoms with Crippen molar-refractivity contribution in [1.29, 1.82) is 0 Å². The van der Waals surface area contributed by atoms with Crippen LogP contribution in [0.3, 0.4) is 0 Å². The summed E-state index contributed by atoms with van der Waals surface area (Å²) in [5.74, 6) is -2.13. The van der Waals surface area contributed by atoms with Gasteiger partial charge in [-0.2, -0.15) is 13.9 Å². The minimum Gasteiger partial charge on any atom is -0.338 e. The van der Waals surface area contributed by atoms with E-state index in [1.54, 1.807) is 19.1 Å². The molecule has 1 atom stereocenters. The average molecular weight is 351 g/mol. The van der Waals surface area contributed by atoms with Gasteiger partial charge in [-0.05, 0) is 30.7 Å². The van der Waals surface area contributed by atoms with Crippen molar-refractivity contribution in [2.45, 2.75) is 25.7 Å². The van der Waals surface area contributed by atoms with Gasteiger partial charge in [-0.3, -0.25) is 5.10 Å². The van der Waals surface area contributed by atoms with Gasteiger partial charge in [0.05, 0.1) is 5.69 Å². The number of aromatic nitrogens is 2. The van der Waals surface area contributed by atoms with Crippen LogP contribution in [0, 0.1) is 0 Å². The van der Waals surface area contributed by atoms with Crippen LogP contribution < -0.4 is 5.32 Å². The van der Waals surface area contributed by atoms with E-state index in [1.807, 2.05) is 12.1 Å². The van der Waals surface area contributed by atoms with Gasteiger partial charge < -0.3 is 5.32 Å². The van der Waals surface area contributed by atoms with Crippen LogP contribution in [0.15, 0.2) is 60.7 Å². The largest absolute Gasteiger partial charge is 0.338 e. The summed E-state index contributed by atoms with van der Waals surface area (Å²) in [5.41, 5.74) is 4.98. The Hall–Kier alpha value is -2.95. The van der Waals surface area contributed by atoms with Crippen LogP contribution in [0.1, 0.15) is 36.5 Å². The summed E-state index contributed by atoms with van der Waals surface area (Å²) in [6.07, 6.45) is 2.26. The molecule has 0 fully saturated rings. The number of alkyl halides is 2. The van der Waals surface area contributed by atoms with E-state index >= 15 is 0 Å². The maximum atomic E-state index is 14.1. The highest BCUT2D eigenvalue weighted by atomic mass is 19.3. The fourth-order valence-electron chi connectivity index (χ4n) is 3.58. The van der Waals surface area contributed by atoms with Crippen molar-refractivity contribution in [3.8, 4) is 11.3 Å². The number of H-pyrrole nitrogens is 1. The van der Waals surface area contributed by atoms with Crippen molar-refractivity contribution in [2.24, 2.45) is 0 Å². The van der Waals surface area contributed by atoms with Crippen molar-refractivity contribution in [3.63, 3.8) is 0 Å². The predicted molar refractivity (Wildman–Crippen MR) is 100.0 cm³/mol. The lowest BCUT2D eigenvalue weighted by atomic mass is 10.00. The smallest absolute Gasteiger partial charge is 0.291 e. The van der Waals surface area contributed by atoms with Gasteiger partial charge >= 0.3 is 0 Å². The van der Waals surface area contributed by atoms with Crippen molar-refractivity contribution in [1.82, 2.24) is 10.2 Å². The molecule has 3 aromatic rings. The van der Waals surface area contributed by atoms with Crippen LogP contribution in [-0.4, -0.2) is 10.2 Å². The maximum Gasteiger partial charge on any atom is 0.291 e. The number of hydrogen-bond donors (Lipinski definition) is 2. The SMILES string of the molecule is C/C=C/C(F)(F)c1cccc(Nc2n[nH]c3c2C(C)c2ccccc2-3)c1. The summed E-state index contributed by atoms with van der Waals surface area (Å²) in [7, 11) is 0. The number of benzene rings is 2. The Bertz CT molecular complexity index is 988. The second-order valence-electron chi connectivity index (χ2n) is 6.50. The molecular formula is C21H19F2N3. The summed E-state index contributed by atoms with van der Waals surface area (Å²) < 4.78 is 28.3. The molecule has 4 rings (SSSR count). The van der Waals surface area contributed by atoms with Gasteiger partial charge in [-0.25, -0.2) is 0 Å². The topological polar surface area (TPSA) is 40.7 Å². The van der Waals surface area contributed by atoms with Crippen LogP contribution >= 0.6 is 0 Å². The van der Waals surface area contributed by atoms with Crippen LogP contribution in [-0.2, 0) is 5.92 Å². The van der Waals surface area contributed by atoms with Gasteiger partial charge in [0.15, 0.2) is 5.82 Å². The van der Waals surface area contributed by atoms with Crippen LogP contribution in [0.5, 0.6) is 0 Å². The third-order valence-corrected chi connectivity index (χ3v) is 4.82. The molecule has 132 valence electrons. The van der Waals surface area contributed by atoms with Gasteiger partial charge in [-0.15, -0.1) is 0 Å². The fraction of sp³-hybridized carbons (Fsp3) is 0.190. The molecular weight excluding hydrogens is 332 g/mol. The van der Waals surface area contributed by atoms with Gasteiger partial charge in [0.25, 0.3) is 5.92 Å². The molecule has 0 spiro atoms. The number of rotatable bonds is 4. The van der Waals surface area contributed by atoms with Crippen molar-refractivity contribution in [2.75, 3.05) is 5.32 Å². The van der Waals surface area contributed by atoms with Gasteiger partial charge in [0.1, 0.15) is 0 Å². The molecule has 3 nitrogen and oxygen atoms in total. The first kappa shape index (κ1) is 16.5. The zero-order chi connectivity index (χ0) is 18.3. The molecule has 1 aliphatic rings. The molecule has 26 heavy (non-hydrogen) atoms. The molecule has 2 aromatic carbocycles. The summed E-state index contributed by atoms with van der Waals surface area (Å²) in [6.45, 7) is 3.71. The highest BCUT2D eigenvalue weighted by molar-refractivity contribution is 5.81. The number of fused-ring (bicyclic) bond motifs is 3. The number of allylic oxidation sites excluding steroid dienone is 2. The highest BCUT2D eigenvalue weighted by Crippen LogP contribution is 2.47. The second kappa shape index (κ2) is 6.09. The predicted octanol–water partition coefficient (Wildman–Crippen LogP) is 5.95. The molecule has 0 aliphatic heterocycles. The Morgan fingerprint density at radius 2 is 1.96 bits per heavy atom. The quantitative estimate of drug-likeness (QED) is 0.570. The van der Waals surface area contributed by atoms with E-state index in [1.165, 1.54) is 23.8 Å². The molecule has 0 saturated carbocycles. The lowest BCUT2D eigenvalue weighted by Gasteiger charge is -2.14. The van der Waals surface area contributed by atoms with Crippen LogP contribution in [0.2, 0.25) is 0 Å². The van der Waals surface area contributed by atoms with E-state index in [0.29, 0.717) is 11.5 Å². The number of nitrogens with one attached hydrogen (secondary N) is 2. The molecule has 2 N–H and O–H groups in total. The van der Waals surface area contributed by atoms with Crippen molar-refractivity contribution in [3.05, 3.63) is 77.4 Å². The Kier molecular flexibility index (Phi) is 3.87. The van der Waals surface area contributed by atoms with Gasteiger partial charge in [0.2, 0.25) is 0 Å². The molecule has 0 bridgehead atoms. The molecule has 1 unspecified atom stereocenters. The maximum absolute atomic E-state index is 14.1. The van der Waals surface area contributed by atoms with E-state index < -0.39 is 5.92 Å². The zero-order valence-electron chi connectivity index (χ0n) is 14.6. The molecule has 0 radical (unpaired) electrons. The lowest BCUT2D eigenvalue weighted by Crippen LogP contribution is -2.09. The van der Waals surface area contributed by atoms with Crippen molar-refractivity contribution >= 4 is 11.5 Å². The Balaban J connectivity index is 1.68. The fourth-order valence-corrected chi connectivity index (χ4v) is 3.58. The first-order valence-corrected chi connectivity index (χ1v) is 8.58. The molecule has 1 heterocycles. The minimum atomic E-state index is -3.00. The standard InChI is InChI=1S/C21H19F2N3/c1-3-11-21(22,23)14-7-6-8-15(12-14)24-20-18-13(2)16-9-4-5-10-17(16)19(18)25-26-20/h3-13H,1-2H3,(H2,24,25,26)/b11-3+. The monoisotopic (exact) mass is 351 g/mol. The Labute approximate surface area is 150 Å². The van der Waals surface area contributed by atoms with E-state index in [2.05, 4.69) is 34.6 Å². The Morgan fingerprint density at radius 1 is 1.15 bits per heavy atom. The first-order chi connectivity index (χ1) is 12.5. The highest BCUT2D eigenvalue weighted by Gasteiger charge is 2.31. The van der Waals surface area contributed by atoms with Gasteiger partial charge in [-0.1, -0.05) is 49.4 Å². The third kappa shape index (κ3) is 2.60. The minimum absolute atomic E-state index is 0.0517. The average Bonchev–Trinajstić information content (AvgIpc) is 3.16. The third-order valence-electron chi connectivity index (χ3n) is 4.82. The summed E-state index contributed by atoms with van der Waals surface area (Å²) in [6, 6.07) is 14.5. The van der Waals surface area contributed by atoms with E-state index in [0.717, 1.165) is 22.9 Å². The number of anilines is 2. The lowest BCUT2D eigenvalue weighted by molar-refractivity contribution is 0.0520. The first-order valence-electron chi connectivity index (χ1n) is 8.58. The van der Waals surface area contributed by atoms with E-state index in [-0.39, 0.29) is 11.5 Å². The normalized spacial score (nSPS) is 15.9. The number of halogens is 2. The van der Waals surface area contributed by atoms with Gasteiger partial charge in [0, 0.05) is 28.3 Å². The molecule has 0 amide bonds. The molecule has 5 heteroatoms. The Morgan fingerprint density at radius 3 is 2.77 bits per heavy atom.